The predicted molar refractivity (Wildman–Crippen MR) is 45.3 cm³/mol. The number of carbonyl (C=O) groups is 1. The van der Waals surface area contributed by atoms with E-state index in [0.29, 0.717) is 26.3 Å². The molecule has 5 nitrogen and oxygen atoms in total. The van der Waals surface area contributed by atoms with Crippen LogP contribution in [0.4, 0.5) is 0 Å². The molecule has 5 heteroatoms. The van der Waals surface area contributed by atoms with Gasteiger partial charge in [-0.1, -0.05) is 0 Å². The molecule has 0 aliphatic carbocycles. The van der Waals surface area contributed by atoms with Crippen molar-refractivity contribution in [2.75, 3.05) is 40.0 Å². The normalized spacial score (nSPS) is 23.7. The Labute approximate surface area is 77.2 Å². The van der Waals surface area contributed by atoms with E-state index in [4.69, 9.17) is 14.6 Å². The second-order valence-electron chi connectivity index (χ2n) is 2.86. The third-order valence-corrected chi connectivity index (χ3v) is 2.00. The van der Waals surface area contributed by atoms with Crippen molar-refractivity contribution < 1.29 is 19.4 Å². The molecular weight excluding hydrogens is 174 g/mol. The van der Waals surface area contributed by atoms with Crippen LogP contribution < -0.4 is 0 Å². The lowest BCUT2D eigenvalue weighted by molar-refractivity contribution is -0.156. The first-order valence-electron chi connectivity index (χ1n) is 4.29. The van der Waals surface area contributed by atoms with Gasteiger partial charge in [-0.2, -0.15) is 0 Å². The zero-order chi connectivity index (χ0) is 9.68. The maximum absolute atomic E-state index is 11.4. The molecule has 13 heavy (non-hydrogen) atoms. The number of methoxy groups -OCH3 is 1. The summed E-state index contributed by atoms with van der Waals surface area (Å²) in [5.41, 5.74) is 0. The van der Waals surface area contributed by atoms with Crippen molar-refractivity contribution in [3.63, 3.8) is 0 Å². The Morgan fingerprint density at radius 3 is 3.15 bits per heavy atom. The Hall–Kier alpha value is -0.650. The van der Waals surface area contributed by atoms with E-state index in [1.807, 2.05) is 0 Å². The number of hydrogen-bond acceptors (Lipinski definition) is 4. The molecule has 1 N–H and O–H groups in total. The van der Waals surface area contributed by atoms with E-state index in [-0.39, 0.29) is 12.5 Å². The first-order valence-corrected chi connectivity index (χ1v) is 4.29. The van der Waals surface area contributed by atoms with Gasteiger partial charge in [0.1, 0.15) is 0 Å². The zero-order valence-electron chi connectivity index (χ0n) is 7.73. The first-order chi connectivity index (χ1) is 6.29. The minimum absolute atomic E-state index is 0.147. The van der Waals surface area contributed by atoms with Crippen LogP contribution in [-0.4, -0.2) is 62.0 Å². The summed E-state index contributed by atoms with van der Waals surface area (Å²) in [4.78, 5) is 13.1. The third kappa shape index (κ3) is 2.65. The van der Waals surface area contributed by atoms with Crippen molar-refractivity contribution >= 4 is 5.91 Å². The summed E-state index contributed by atoms with van der Waals surface area (Å²) in [5.74, 6) is -0.147. The Morgan fingerprint density at radius 2 is 2.54 bits per heavy atom. The van der Waals surface area contributed by atoms with Crippen LogP contribution in [0.25, 0.3) is 0 Å². The molecule has 1 aliphatic heterocycles. The smallest absolute Gasteiger partial charge is 0.254 e. The van der Waals surface area contributed by atoms with Crippen LogP contribution in [0.3, 0.4) is 0 Å². The van der Waals surface area contributed by atoms with Gasteiger partial charge in [0.2, 0.25) is 0 Å². The summed E-state index contributed by atoms with van der Waals surface area (Å²) in [6.45, 7) is 1.90. The van der Waals surface area contributed by atoms with Crippen LogP contribution in [0.1, 0.15) is 0 Å². The van der Waals surface area contributed by atoms with E-state index in [1.165, 1.54) is 0 Å². The second-order valence-corrected chi connectivity index (χ2v) is 2.86. The van der Waals surface area contributed by atoms with E-state index < -0.39 is 6.10 Å². The molecule has 1 aliphatic rings. The topological polar surface area (TPSA) is 59.0 Å². The van der Waals surface area contributed by atoms with Gasteiger partial charge in [0, 0.05) is 20.2 Å². The molecule has 1 unspecified atom stereocenters. The fraction of sp³-hybridized carbons (Fsp3) is 0.875. The first kappa shape index (κ1) is 10.4. The van der Waals surface area contributed by atoms with Crippen LogP contribution in [0.5, 0.6) is 0 Å². The van der Waals surface area contributed by atoms with E-state index in [1.54, 1.807) is 12.0 Å². The molecular formula is C8H15NO4. The van der Waals surface area contributed by atoms with Gasteiger partial charge in [-0.3, -0.25) is 4.79 Å². The van der Waals surface area contributed by atoms with Crippen molar-refractivity contribution in [2.45, 2.75) is 6.10 Å². The van der Waals surface area contributed by atoms with Crippen LogP contribution in [0, 0.1) is 0 Å². The van der Waals surface area contributed by atoms with Gasteiger partial charge in [-0.15, -0.1) is 0 Å². The summed E-state index contributed by atoms with van der Waals surface area (Å²) in [6, 6.07) is 0. The molecule has 0 bridgehead atoms. The average Bonchev–Trinajstić information content (AvgIpc) is 2.16. The summed E-state index contributed by atoms with van der Waals surface area (Å²) < 4.78 is 9.93. The zero-order valence-corrected chi connectivity index (χ0v) is 7.73. The maximum atomic E-state index is 11.4. The van der Waals surface area contributed by atoms with E-state index >= 15 is 0 Å². The van der Waals surface area contributed by atoms with Gasteiger partial charge in [0.05, 0.1) is 19.8 Å². The Morgan fingerprint density at radius 1 is 1.77 bits per heavy atom. The van der Waals surface area contributed by atoms with Crippen molar-refractivity contribution in [2.24, 2.45) is 0 Å². The second kappa shape index (κ2) is 5.16. The summed E-state index contributed by atoms with van der Waals surface area (Å²) in [7, 11) is 1.59. The van der Waals surface area contributed by atoms with Crippen LogP contribution in [0.15, 0.2) is 0 Å². The summed E-state index contributed by atoms with van der Waals surface area (Å²) in [5, 5.41) is 8.80. The number of nitrogens with zero attached hydrogens (tertiary/aromatic N) is 1. The molecule has 1 rings (SSSR count). The number of aliphatic hydroxyl groups excluding tert-OH is 1. The number of ether oxygens (including phenoxy) is 2. The Bertz CT molecular complexity index is 174. The molecule has 0 aromatic rings. The van der Waals surface area contributed by atoms with Crippen molar-refractivity contribution in [3.8, 4) is 0 Å². The molecule has 0 saturated carbocycles. The fourth-order valence-electron chi connectivity index (χ4n) is 1.24. The average molecular weight is 189 g/mol. The summed E-state index contributed by atoms with van der Waals surface area (Å²) in [6.07, 6.45) is -0.675. The van der Waals surface area contributed by atoms with E-state index in [2.05, 4.69) is 0 Å². The highest BCUT2D eigenvalue weighted by molar-refractivity contribution is 5.81. The number of morpholine rings is 1. The number of amides is 1. The minimum Gasteiger partial charge on any atom is -0.393 e. The lowest BCUT2D eigenvalue weighted by atomic mass is 10.2. The lowest BCUT2D eigenvalue weighted by Crippen LogP contribution is -2.50. The van der Waals surface area contributed by atoms with Gasteiger partial charge in [-0.05, 0) is 0 Å². The fourth-order valence-corrected chi connectivity index (χ4v) is 1.24. The number of hydrogen-bond donors (Lipinski definition) is 1. The molecule has 0 radical (unpaired) electrons. The van der Waals surface area contributed by atoms with Gasteiger partial charge in [0.25, 0.3) is 5.91 Å². The monoisotopic (exact) mass is 189 g/mol. The maximum Gasteiger partial charge on any atom is 0.254 e. The van der Waals surface area contributed by atoms with Crippen LogP contribution in [-0.2, 0) is 14.3 Å². The number of aliphatic hydroxyl groups is 1. The van der Waals surface area contributed by atoms with Gasteiger partial charge >= 0.3 is 0 Å². The van der Waals surface area contributed by atoms with Crippen LogP contribution >= 0.6 is 0 Å². The molecule has 1 fully saturated rings. The summed E-state index contributed by atoms with van der Waals surface area (Å²) >= 11 is 0. The minimum atomic E-state index is -0.675. The molecule has 0 aromatic carbocycles. The molecule has 1 atom stereocenters. The number of rotatable bonds is 4. The van der Waals surface area contributed by atoms with Crippen molar-refractivity contribution in [3.05, 3.63) is 0 Å². The molecule has 0 aromatic heterocycles. The molecule has 1 saturated heterocycles. The SMILES string of the molecule is COCCN1CCOC(CO)C1=O. The van der Waals surface area contributed by atoms with Gasteiger partial charge in [-0.25, -0.2) is 0 Å². The molecule has 0 spiro atoms. The van der Waals surface area contributed by atoms with Crippen LogP contribution in [0.2, 0.25) is 0 Å². The van der Waals surface area contributed by atoms with E-state index in [9.17, 15) is 4.79 Å². The standard InChI is InChI=1S/C8H15NO4/c1-12-4-2-9-3-5-13-7(6-10)8(9)11/h7,10H,2-6H2,1H3. The number of carbonyl (C=O) groups excluding carboxylic acids is 1. The molecule has 1 heterocycles. The third-order valence-electron chi connectivity index (χ3n) is 2.00. The largest absolute Gasteiger partial charge is 0.393 e. The Kier molecular flexibility index (Phi) is 4.14. The quantitative estimate of drug-likeness (QED) is 0.607. The van der Waals surface area contributed by atoms with Crippen molar-refractivity contribution in [1.82, 2.24) is 4.90 Å². The Balaban J connectivity index is 2.40. The molecule has 1 amide bonds. The highest BCUT2D eigenvalue weighted by atomic mass is 16.5. The predicted octanol–water partition coefficient (Wildman–Crippen LogP) is -1.15. The van der Waals surface area contributed by atoms with Gasteiger partial charge < -0.3 is 19.5 Å². The highest BCUT2D eigenvalue weighted by Crippen LogP contribution is 2.05. The van der Waals surface area contributed by atoms with Gasteiger partial charge in [0.15, 0.2) is 6.10 Å². The lowest BCUT2D eigenvalue weighted by Gasteiger charge is -2.31. The molecule has 76 valence electrons. The van der Waals surface area contributed by atoms with E-state index in [0.717, 1.165) is 0 Å². The highest BCUT2D eigenvalue weighted by Gasteiger charge is 2.28. The van der Waals surface area contributed by atoms with Crippen molar-refractivity contribution in [1.29, 1.82) is 0 Å².